The Balaban J connectivity index is 1.87. The molecule has 4 rings (SSSR count). The van der Waals surface area contributed by atoms with Crippen molar-refractivity contribution in [2.45, 2.75) is 37.9 Å². The normalized spacial score (nSPS) is 27.6. The van der Waals surface area contributed by atoms with Crippen molar-refractivity contribution in [3.63, 3.8) is 0 Å². The largest absolute Gasteiger partial charge is 0.297 e. The van der Waals surface area contributed by atoms with E-state index in [1.54, 1.807) is 0 Å². The predicted molar refractivity (Wildman–Crippen MR) is 78.4 cm³/mol. The maximum atomic E-state index is 4.91. The molecule has 2 aromatic rings. The smallest absolute Gasteiger partial charge is 0.161 e. The van der Waals surface area contributed by atoms with E-state index in [2.05, 4.69) is 32.9 Å². The van der Waals surface area contributed by atoms with Crippen LogP contribution in [0.2, 0.25) is 0 Å². The zero-order valence-corrected chi connectivity index (χ0v) is 11.9. The Morgan fingerprint density at radius 1 is 1.30 bits per heavy atom. The summed E-state index contributed by atoms with van der Waals surface area (Å²) >= 11 is 0. The minimum Gasteiger partial charge on any atom is -0.297 e. The van der Waals surface area contributed by atoms with Crippen LogP contribution in [0.1, 0.15) is 43.7 Å². The lowest BCUT2D eigenvalue weighted by Crippen LogP contribution is -2.27. The van der Waals surface area contributed by atoms with E-state index < -0.39 is 0 Å². The van der Waals surface area contributed by atoms with Crippen LogP contribution in [0.4, 0.5) is 0 Å². The van der Waals surface area contributed by atoms with Gasteiger partial charge in [0.05, 0.1) is 12.2 Å². The molecule has 5 nitrogen and oxygen atoms in total. The van der Waals surface area contributed by atoms with Crippen LogP contribution in [-0.2, 0) is 0 Å². The Bertz CT molecular complexity index is 614. The summed E-state index contributed by atoms with van der Waals surface area (Å²) in [7, 11) is 2.21. The summed E-state index contributed by atoms with van der Waals surface area (Å²) in [6.07, 6.45) is 7.10. The van der Waals surface area contributed by atoms with Gasteiger partial charge >= 0.3 is 0 Å². The van der Waals surface area contributed by atoms with Crippen LogP contribution in [0, 0.1) is 0 Å². The topological polar surface area (TPSA) is 46.0 Å². The second kappa shape index (κ2) is 4.82. The lowest BCUT2D eigenvalue weighted by Gasteiger charge is -2.23. The first-order valence-electron chi connectivity index (χ1n) is 7.61. The minimum atomic E-state index is 0.360. The van der Waals surface area contributed by atoms with Gasteiger partial charge in [-0.3, -0.25) is 14.8 Å². The van der Waals surface area contributed by atoms with Crippen molar-refractivity contribution in [1.29, 1.82) is 0 Å². The molecule has 2 saturated heterocycles. The van der Waals surface area contributed by atoms with E-state index in [0.29, 0.717) is 12.2 Å². The van der Waals surface area contributed by atoms with Gasteiger partial charge in [-0.25, -0.2) is 9.97 Å². The van der Waals surface area contributed by atoms with Crippen LogP contribution in [0.15, 0.2) is 18.3 Å². The van der Waals surface area contributed by atoms with Crippen molar-refractivity contribution >= 4 is 11.2 Å². The third-order valence-electron chi connectivity index (χ3n) is 4.64. The third-order valence-corrected chi connectivity index (χ3v) is 4.64. The molecule has 2 atom stereocenters. The van der Waals surface area contributed by atoms with E-state index in [0.717, 1.165) is 17.7 Å². The fourth-order valence-corrected chi connectivity index (χ4v) is 3.61. The van der Waals surface area contributed by atoms with E-state index in [-0.39, 0.29) is 0 Å². The van der Waals surface area contributed by atoms with Crippen LogP contribution in [0.5, 0.6) is 0 Å². The highest BCUT2D eigenvalue weighted by molar-refractivity contribution is 5.71. The quantitative estimate of drug-likeness (QED) is 0.908. The highest BCUT2D eigenvalue weighted by Crippen LogP contribution is 2.34. The Labute approximate surface area is 119 Å². The molecule has 0 saturated carbocycles. The molecule has 0 spiro atoms. The van der Waals surface area contributed by atoms with Crippen LogP contribution in [0.25, 0.3) is 11.2 Å². The minimum absolute atomic E-state index is 0.360. The van der Waals surface area contributed by atoms with Crippen molar-refractivity contribution in [1.82, 2.24) is 24.8 Å². The van der Waals surface area contributed by atoms with Crippen LogP contribution >= 0.6 is 0 Å². The van der Waals surface area contributed by atoms with Crippen LogP contribution in [-0.4, -0.2) is 39.6 Å². The Morgan fingerprint density at radius 3 is 3.00 bits per heavy atom. The Kier molecular flexibility index (Phi) is 2.97. The number of hydrogen-bond donors (Lipinski definition) is 1. The van der Waals surface area contributed by atoms with Gasteiger partial charge in [0.1, 0.15) is 11.3 Å². The summed E-state index contributed by atoms with van der Waals surface area (Å²) < 4.78 is 2.36. The molecule has 2 aromatic heterocycles. The molecule has 106 valence electrons. The van der Waals surface area contributed by atoms with Crippen molar-refractivity contribution in [2.75, 3.05) is 20.1 Å². The van der Waals surface area contributed by atoms with Gasteiger partial charge in [-0.05, 0) is 58.0 Å². The first-order chi connectivity index (χ1) is 9.84. The van der Waals surface area contributed by atoms with Crippen LogP contribution in [0.3, 0.4) is 0 Å². The zero-order chi connectivity index (χ0) is 13.5. The van der Waals surface area contributed by atoms with Crippen LogP contribution < -0.4 is 5.32 Å². The molecule has 2 unspecified atom stereocenters. The van der Waals surface area contributed by atoms with Crippen molar-refractivity contribution < 1.29 is 0 Å². The number of imidazole rings is 1. The Hall–Kier alpha value is -1.46. The molecule has 0 radical (unpaired) electrons. The van der Waals surface area contributed by atoms with Gasteiger partial charge in [-0.1, -0.05) is 0 Å². The SMILES string of the molecule is CN1CCCC1c1nc2cccnc2n1C1CCCN1. The maximum Gasteiger partial charge on any atom is 0.161 e. The van der Waals surface area contributed by atoms with Gasteiger partial charge in [-0.2, -0.15) is 0 Å². The average molecular weight is 271 g/mol. The zero-order valence-electron chi connectivity index (χ0n) is 11.9. The molecule has 0 bridgehead atoms. The van der Waals surface area contributed by atoms with Gasteiger partial charge < -0.3 is 0 Å². The van der Waals surface area contributed by atoms with Gasteiger partial charge in [0.15, 0.2) is 5.65 Å². The van der Waals surface area contributed by atoms with Gasteiger partial charge in [0.25, 0.3) is 0 Å². The molecule has 0 aliphatic carbocycles. The summed E-state index contributed by atoms with van der Waals surface area (Å²) in [6, 6.07) is 4.49. The highest BCUT2D eigenvalue weighted by Gasteiger charge is 2.31. The van der Waals surface area contributed by atoms with E-state index >= 15 is 0 Å². The van der Waals surface area contributed by atoms with E-state index in [9.17, 15) is 0 Å². The molecular formula is C15H21N5. The number of nitrogens with zero attached hydrogens (tertiary/aromatic N) is 4. The first-order valence-corrected chi connectivity index (χ1v) is 7.61. The predicted octanol–water partition coefficient (Wildman–Crippen LogP) is 2.08. The number of nitrogens with one attached hydrogen (secondary N) is 1. The fraction of sp³-hybridized carbons (Fsp3) is 0.600. The van der Waals surface area contributed by atoms with Gasteiger partial charge in [-0.15, -0.1) is 0 Å². The number of hydrogen-bond acceptors (Lipinski definition) is 4. The molecule has 20 heavy (non-hydrogen) atoms. The number of aromatic nitrogens is 3. The standard InChI is InChI=1S/C15H21N5/c1-19-10-4-6-12(19)15-18-11-5-2-9-17-14(11)20(15)13-7-3-8-16-13/h2,5,9,12-13,16H,3-4,6-8,10H2,1H3. The maximum absolute atomic E-state index is 4.91. The highest BCUT2D eigenvalue weighted by atomic mass is 15.3. The summed E-state index contributed by atoms with van der Waals surface area (Å²) in [5.74, 6) is 1.19. The molecule has 0 aromatic carbocycles. The number of rotatable bonds is 2. The lowest BCUT2D eigenvalue weighted by atomic mass is 10.2. The molecule has 2 aliphatic rings. The first kappa shape index (κ1) is 12.3. The second-order valence-corrected chi connectivity index (χ2v) is 5.94. The van der Waals surface area contributed by atoms with Crippen molar-refractivity contribution in [3.05, 3.63) is 24.2 Å². The summed E-state index contributed by atoms with van der Waals surface area (Å²) in [6.45, 7) is 2.26. The molecule has 5 heteroatoms. The number of fused-ring (bicyclic) bond motifs is 1. The molecule has 1 N–H and O–H groups in total. The lowest BCUT2D eigenvalue weighted by molar-refractivity contribution is 0.290. The average Bonchev–Trinajstić information content (AvgIpc) is 3.15. The molecule has 2 fully saturated rings. The molecular weight excluding hydrogens is 250 g/mol. The van der Waals surface area contributed by atoms with Gasteiger partial charge in [0.2, 0.25) is 0 Å². The second-order valence-electron chi connectivity index (χ2n) is 5.94. The molecule has 2 aliphatic heterocycles. The fourth-order valence-electron chi connectivity index (χ4n) is 3.61. The summed E-state index contributed by atoms with van der Waals surface area (Å²) in [5, 5.41) is 3.59. The summed E-state index contributed by atoms with van der Waals surface area (Å²) in [4.78, 5) is 11.9. The molecule has 0 amide bonds. The van der Waals surface area contributed by atoms with Gasteiger partial charge in [0, 0.05) is 6.20 Å². The number of pyridine rings is 1. The van der Waals surface area contributed by atoms with E-state index in [4.69, 9.17) is 4.98 Å². The third kappa shape index (κ3) is 1.84. The number of likely N-dealkylation sites (tertiary alicyclic amines) is 1. The summed E-state index contributed by atoms with van der Waals surface area (Å²) in [5.41, 5.74) is 2.05. The monoisotopic (exact) mass is 271 g/mol. The van der Waals surface area contributed by atoms with E-state index in [1.807, 2.05) is 12.3 Å². The Morgan fingerprint density at radius 2 is 2.25 bits per heavy atom. The van der Waals surface area contributed by atoms with E-state index in [1.165, 1.54) is 38.1 Å². The molecule has 4 heterocycles. The van der Waals surface area contributed by atoms with Crippen molar-refractivity contribution in [3.8, 4) is 0 Å². The van der Waals surface area contributed by atoms with Crippen molar-refractivity contribution in [2.24, 2.45) is 0 Å².